The van der Waals surface area contributed by atoms with Gasteiger partial charge in [0.2, 0.25) is 10.0 Å². The normalized spacial score (nSPS) is 15.9. The lowest BCUT2D eigenvalue weighted by atomic mass is 10.1. The van der Waals surface area contributed by atoms with Crippen molar-refractivity contribution in [3.05, 3.63) is 55.2 Å². The fourth-order valence-electron chi connectivity index (χ4n) is 2.93. The molecule has 0 spiro atoms. The summed E-state index contributed by atoms with van der Waals surface area (Å²) >= 11 is 9.59. The molecule has 1 aromatic carbocycles. The number of aromatic nitrogens is 1. The van der Waals surface area contributed by atoms with E-state index in [1.54, 1.807) is 38.2 Å². The number of primary sulfonamides is 1. The highest BCUT2D eigenvalue weighted by Gasteiger charge is 2.56. The summed E-state index contributed by atoms with van der Waals surface area (Å²) in [6, 6.07) is 6.86. The van der Waals surface area contributed by atoms with E-state index < -0.39 is 14.8 Å². The summed E-state index contributed by atoms with van der Waals surface area (Å²) in [5.74, 6) is 0.381. The van der Waals surface area contributed by atoms with Gasteiger partial charge in [-0.25, -0.2) is 13.6 Å². The maximum atomic E-state index is 12.4. The molecule has 6 nitrogen and oxygen atoms in total. The first-order valence-corrected chi connectivity index (χ1v) is 10.2. The van der Waals surface area contributed by atoms with Crippen molar-refractivity contribution < 1.29 is 8.42 Å². The van der Waals surface area contributed by atoms with Crippen LogP contribution in [0.5, 0.6) is 0 Å². The number of anilines is 2. The third kappa shape index (κ3) is 3.12. The standard InChI is InChI=1S/C16H17BrClN3O3S/c1-9-7-11(16(5-6-16)25(19,23)24)14(21(2)15(9)22)20-13-4-3-10(17)8-12(13)18/h3-4,7-8,20H,5-6H2,1-2H3,(H2,19,23,24). The molecular weight excluding hydrogens is 430 g/mol. The monoisotopic (exact) mass is 445 g/mol. The predicted molar refractivity (Wildman–Crippen MR) is 103 cm³/mol. The SMILES string of the molecule is Cc1cc(C2(S(N)(=O)=O)CC2)c(Nc2ccc(Br)cc2Cl)n(C)c1=O. The number of nitrogens with zero attached hydrogens (tertiary/aromatic N) is 1. The molecule has 0 bridgehead atoms. The molecule has 9 heteroatoms. The lowest BCUT2D eigenvalue weighted by molar-refractivity contribution is 0.581. The van der Waals surface area contributed by atoms with Crippen LogP contribution in [0.2, 0.25) is 5.02 Å². The van der Waals surface area contributed by atoms with Gasteiger partial charge >= 0.3 is 0 Å². The van der Waals surface area contributed by atoms with E-state index in [9.17, 15) is 13.2 Å². The van der Waals surface area contributed by atoms with Gasteiger partial charge in [0.15, 0.2) is 0 Å². The highest BCUT2D eigenvalue weighted by molar-refractivity contribution is 9.10. The van der Waals surface area contributed by atoms with Crippen molar-refractivity contribution in [2.75, 3.05) is 5.32 Å². The number of sulfonamides is 1. The van der Waals surface area contributed by atoms with Gasteiger partial charge in [-0.1, -0.05) is 27.5 Å². The average Bonchev–Trinajstić information content (AvgIpc) is 3.31. The highest BCUT2D eigenvalue weighted by atomic mass is 79.9. The number of nitrogens with two attached hydrogens (primary N) is 1. The van der Waals surface area contributed by atoms with Crippen LogP contribution in [0.15, 0.2) is 33.5 Å². The van der Waals surface area contributed by atoms with E-state index >= 15 is 0 Å². The molecule has 1 aliphatic rings. The van der Waals surface area contributed by atoms with Gasteiger partial charge in [0.1, 0.15) is 10.6 Å². The fourth-order valence-corrected chi connectivity index (χ4v) is 4.78. The van der Waals surface area contributed by atoms with E-state index in [0.717, 1.165) is 4.47 Å². The molecule has 0 amide bonds. The molecule has 1 saturated carbocycles. The number of hydrogen-bond donors (Lipinski definition) is 2. The van der Waals surface area contributed by atoms with E-state index in [1.807, 2.05) is 0 Å². The maximum absolute atomic E-state index is 12.4. The van der Waals surface area contributed by atoms with Gasteiger partial charge in [-0.15, -0.1) is 0 Å². The van der Waals surface area contributed by atoms with Crippen molar-refractivity contribution in [2.45, 2.75) is 24.5 Å². The van der Waals surface area contributed by atoms with Crippen LogP contribution in [-0.2, 0) is 21.8 Å². The lowest BCUT2D eigenvalue weighted by Gasteiger charge is -2.22. The first-order valence-electron chi connectivity index (χ1n) is 7.52. The number of halogens is 2. The minimum atomic E-state index is -3.82. The van der Waals surface area contributed by atoms with Crippen LogP contribution in [0, 0.1) is 6.92 Å². The molecule has 1 fully saturated rings. The Labute approximate surface area is 159 Å². The Hall–Kier alpha value is -1.35. The van der Waals surface area contributed by atoms with Crippen LogP contribution in [0.4, 0.5) is 11.5 Å². The van der Waals surface area contributed by atoms with Crippen molar-refractivity contribution in [3.8, 4) is 0 Å². The summed E-state index contributed by atoms with van der Waals surface area (Å²) in [4.78, 5) is 12.4. The van der Waals surface area contributed by atoms with Crippen molar-refractivity contribution in [2.24, 2.45) is 12.2 Å². The number of pyridine rings is 1. The Morgan fingerprint density at radius 3 is 2.48 bits per heavy atom. The molecule has 0 atom stereocenters. The van der Waals surface area contributed by atoms with E-state index in [-0.39, 0.29) is 5.56 Å². The Morgan fingerprint density at radius 1 is 1.32 bits per heavy atom. The van der Waals surface area contributed by atoms with Crippen LogP contribution < -0.4 is 16.0 Å². The maximum Gasteiger partial charge on any atom is 0.254 e. The second-order valence-corrected chi connectivity index (χ2v) is 9.44. The van der Waals surface area contributed by atoms with Gasteiger partial charge in [-0.2, -0.15) is 0 Å². The highest BCUT2D eigenvalue weighted by Crippen LogP contribution is 2.54. The zero-order valence-electron chi connectivity index (χ0n) is 13.6. The summed E-state index contributed by atoms with van der Waals surface area (Å²) in [7, 11) is -2.23. The van der Waals surface area contributed by atoms with Gasteiger partial charge in [0.05, 0.1) is 10.7 Å². The third-order valence-corrected chi connectivity index (χ3v) is 7.04. The third-order valence-electron chi connectivity index (χ3n) is 4.52. The topological polar surface area (TPSA) is 94.2 Å². The minimum absolute atomic E-state index is 0.218. The molecule has 3 N–H and O–H groups in total. The largest absolute Gasteiger partial charge is 0.340 e. The van der Waals surface area contributed by atoms with E-state index in [2.05, 4.69) is 21.2 Å². The van der Waals surface area contributed by atoms with E-state index in [1.165, 1.54) is 4.57 Å². The molecule has 1 aromatic heterocycles. The first kappa shape index (κ1) is 18.4. The number of benzene rings is 1. The summed E-state index contributed by atoms with van der Waals surface area (Å²) < 4.78 is 25.4. The van der Waals surface area contributed by atoms with Gasteiger partial charge in [-0.05, 0) is 44.0 Å². The average molecular weight is 447 g/mol. The summed E-state index contributed by atoms with van der Waals surface area (Å²) in [5, 5.41) is 9.03. The fraction of sp³-hybridized carbons (Fsp3) is 0.312. The second kappa shape index (κ2) is 6.12. The molecule has 134 valence electrons. The second-order valence-electron chi connectivity index (χ2n) is 6.24. The minimum Gasteiger partial charge on any atom is -0.340 e. The van der Waals surface area contributed by atoms with Gasteiger partial charge in [-0.3, -0.25) is 9.36 Å². The summed E-state index contributed by atoms with van der Waals surface area (Å²) in [6.45, 7) is 1.65. The van der Waals surface area contributed by atoms with Crippen LogP contribution in [0.25, 0.3) is 0 Å². The van der Waals surface area contributed by atoms with Crippen molar-refractivity contribution in [3.63, 3.8) is 0 Å². The quantitative estimate of drug-likeness (QED) is 0.754. The van der Waals surface area contributed by atoms with Crippen LogP contribution >= 0.6 is 27.5 Å². The van der Waals surface area contributed by atoms with Gasteiger partial charge in [0.25, 0.3) is 5.56 Å². The lowest BCUT2D eigenvalue weighted by Crippen LogP contribution is -2.32. The number of nitrogens with one attached hydrogen (secondary N) is 1. The molecule has 25 heavy (non-hydrogen) atoms. The molecule has 0 radical (unpaired) electrons. The Balaban J connectivity index is 2.22. The molecule has 0 unspecified atom stereocenters. The van der Waals surface area contributed by atoms with Crippen molar-refractivity contribution in [1.82, 2.24) is 4.57 Å². The molecule has 3 rings (SSSR count). The molecule has 0 saturated heterocycles. The molecule has 2 aromatic rings. The molecule has 1 heterocycles. The van der Waals surface area contributed by atoms with Crippen LogP contribution in [-0.4, -0.2) is 13.0 Å². The Kier molecular flexibility index (Phi) is 4.51. The summed E-state index contributed by atoms with van der Waals surface area (Å²) in [6.07, 6.45) is 0.846. The van der Waals surface area contributed by atoms with Gasteiger partial charge < -0.3 is 5.32 Å². The van der Waals surface area contributed by atoms with Crippen LogP contribution in [0.3, 0.4) is 0 Å². The zero-order chi connectivity index (χ0) is 18.6. The summed E-state index contributed by atoms with van der Waals surface area (Å²) in [5.41, 5.74) is 1.30. The molecule has 0 aliphatic heterocycles. The zero-order valence-corrected chi connectivity index (χ0v) is 16.8. The number of hydrogen-bond acceptors (Lipinski definition) is 4. The first-order chi connectivity index (χ1) is 11.6. The number of rotatable bonds is 4. The van der Waals surface area contributed by atoms with Crippen molar-refractivity contribution in [1.29, 1.82) is 0 Å². The Morgan fingerprint density at radius 2 is 1.96 bits per heavy atom. The molecule has 1 aliphatic carbocycles. The van der Waals surface area contributed by atoms with Gasteiger partial charge in [0, 0.05) is 22.6 Å². The van der Waals surface area contributed by atoms with Crippen molar-refractivity contribution >= 4 is 49.1 Å². The van der Waals surface area contributed by atoms with E-state index in [0.29, 0.717) is 40.5 Å². The smallest absolute Gasteiger partial charge is 0.254 e. The predicted octanol–water partition coefficient (Wildman–Crippen LogP) is 3.13. The number of aryl methyl sites for hydroxylation is 1. The Bertz CT molecular complexity index is 1030. The van der Waals surface area contributed by atoms with E-state index in [4.69, 9.17) is 16.7 Å². The van der Waals surface area contributed by atoms with Crippen LogP contribution in [0.1, 0.15) is 24.0 Å². The molecular formula is C16H17BrClN3O3S.